The number of morpholine rings is 1. The molecule has 2 amide bonds. The standard InChI is InChI=1S/C25H35N3O6S/c1-4-27(11-10-26-12-14-33-15-13-26)22(31)19(29)18-21(30)28-20(25(2,3)35-23(18)28)24(32)34-16-17-8-6-5-7-9-17/h5-9,18-20,23,29H,4,10-16H2,1-3H3/t18-,19+,20+,23-/m1/s1. The minimum Gasteiger partial charge on any atom is -0.459 e. The molecule has 1 aromatic rings. The van der Waals surface area contributed by atoms with Gasteiger partial charge in [0.15, 0.2) is 0 Å². The van der Waals surface area contributed by atoms with Crippen molar-refractivity contribution in [3.63, 3.8) is 0 Å². The molecule has 3 fully saturated rings. The lowest BCUT2D eigenvalue weighted by Crippen LogP contribution is -2.67. The van der Waals surface area contributed by atoms with Gasteiger partial charge in [0.25, 0.3) is 5.91 Å². The summed E-state index contributed by atoms with van der Waals surface area (Å²) in [6.07, 6.45) is -1.43. The molecule has 35 heavy (non-hydrogen) atoms. The third-order valence-electron chi connectivity index (χ3n) is 7.01. The van der Waals surface area contributed by atoms with Crippen molar-refractivity contribution in [3.05, 3.63) is 35.9 Å². The number of carbonyl (C=O) groups is 3. The molecule has 3 aliphatic heterocycles. The maximum absolute atomic E-state index is 13.1. The number of carbonyl (C=O) groups excluding carboxylic acids is 3. The number of aliphatic hydroxyl groups excluding tert-OH is 1. The average molecular weight is 506 g/mol. The zero-order valence-corrected chi connectivity index (χ0v) is 21.4. The Morgan fingerprint density at radius 2 is 1.94 bits per heavy atom. The lowest BCUT2D eigenvalue weighted by atomic mass is 9.87. The highest BCUT2D eigenvalue weighted by atomic mass is 32.2. The Hall–Kier alpha value is -2.14. The molecular formula is C25H35N3O6S. The zero-order chi connectivity index (χ0) is 25.2. The predicted molar refractivity (Wildman–Crippen MR) is 131 cm³/mol. The molecule has 1 aromatic carbocycles. The molecule has 10 heteroatoms. The van der Waals surface area contributed by atoms with Gasteiger partial charge in [0.2, 0.25) is 5.91 Å². The second kappa shape index (κ2) is 10.9. The van der Waals surface area contributed by atoms with Gasteiger partial charge >= 0.3 is 5.97 Å². The van der Waals surface area contributed by atoms with Gasteiger partial charge in [0.1, 0.15) is 24.7 Å². The lowest BCUT2D eigenvalue weighted by molar-refractivity contribution is -0.175. The van der Waals surface area contributed by atoms with Crippen LogP contribution < -0.4 is 0 Å². The molecule has 3 heterocycles. The molecule has 0 saturated carbocycles. The Morgan fingerprint density at radius 1 is 1.26 bits per heavy atom. The normalized spacial score (nSPS) is 26.6. The number of rotatable bonds is 9. The summed E-state index contributed by atoms with van der Waals surface area (Å²) in [4.78, 5) is 44.6. The van der Waals surface area contributed by atoms with Crippen LogP contribution in [0.5, 0.6) is 0 Å². The van der Waals surface area contributed by atoms with Gasteiger partial charge < -0.3 is 24.4 Å². The van der Waals surface area contributed by atoms with Crippen molar-refractivity contribution in [1.29, 1.82) is 0 Å². The monoisotopic (exact) mass is 505 g/mol. The minimum atomic E-state index is -1.43. The largest absolute Gasteiger partial charge is 0.459 e. The number of benzene rings is 1. The summed E-state index contributed by atoms with van der Waals surface area (Å²) in [5.74, 6) is -2.15. The first-order valence-corrected chi connectivity index (χ1v) is 13.1. The zero-order valence-electron chi connectivity index (χ0n) is 20.6. The third kappa shape index (κ3) is 5.35. The van der Waals surface area contributed by atoms with E-state index in [0.29, 0.717) is 32.8 Å². The van der Waals surface area contributed by atoms with E-state index in [1.165, 1.54) is 16.7 Å². The Balaban J connectivity index is 1.37. The third-order valence-corrected chi connectivity index (χ3v) is 8.60. The molecule has 0 aromatic heterocycles. The fraction of sp³-hybridized carbons (Fsp3) is 0.640. The predicted octanol–water partition coefficient (Wildman–Crippen LogP) is 0.950. The maximum Gasteiger partial charge on any atom is 0.330 e. The van der Waals surface area contributed by atoms with Crippen LogP contribution in [0.3, 0.4) is 0 Å². The van der Waals surface area contributed by atoms with Gasteiger partial charge in [0.05, 0.1) is 18.6 Å². The van der Waals surface area contributed by atoms with Gasteiger partial charge in [0, 0.05) is 37.5 Å². The average Bonchev–Trinajstić information content (AvgIpc) is 3.11. The number of esters is 1. The van der Waals surface area contributed by atoms with Crippen molar-refractivity contribution >= 4 is 29.5 Å². The molecule has 3 aliphatic rings. The van der Waals surface area contributed by atoms with Crippen LogP contribution in [0.1, 0.15) is 26.3 Å². The molecule has 0 spiro atoms. The fourth-order valence-corrected chi connectivity index (χ4v) is 6.69. The highest BCUT2D eigenvalue weighted by Crippen LogP contribution is 2.54. The number of hydrogen-bond donors (Lipinski definition) is 1. The molecular weight excluding hydrogens is 470 g/mol. The van der Waals surface area contributed by atoms with Gasteiger partial charge in [-0.15, -0.1) is 11.8 Å². The smallest absolute Gasteiger partial charge is 0.330 e. The van der Waals surface area contributed by atoms with E-state index in [2.05, 4.69) is 4.90 Å². The molecule has 4 atom stereocenters. The summed E-state index contributed by atoms with van der Waals surface area (Å²) in [6, 6.07) is 8.61. The Labute approximate surface area is 210 Å². The van der Waals surface area contributed by atoms with Crippen LogP contribution in [-0.2, 0) is 30.5 Å². The summed E-state index contributed by atoms with van der Waals surface area (Å²) in [7, 11) is 0. The number of nitrogens with zero attached hydrogens (tertiary/aromatic N) is 3. The van der Waals surface area contributed by atoms with E-state index in [4.69, 9.17) is 9.47 Å². The molecule has 0 bridgehead atoms. The number of fused-ring (bicyclic) bond motifs is 1. The number of β-lactam (4-membered cyclic amide) rings is 1. The highest BCUT2D eigenvalue weighted by Gasteiger charge is 2.66. The first-order valence-electron chi connectivity index (χ1n) is 12.2. The van der Waals surface area contributed by atoms with Crippen molar-refractivity contribution in [2.24, 2.45) is 5.92 Å². The maximum atomic E-state index is 13.1. The van der Waals surface area contributed by atoms with Crippen molar-refractivity contribution in [3.8, 4) is 0 Å². The van der Waals surface area contributed by atoms with Crippen LogP contribution in [0.25, 0.3) is 0 Å². The molecule has 4 rings (SSSR count). The van der Waals surface area contributed by atoms with E-state index in [-0.39, 0.29) is 12.5 Å². The van der Waals surface area contributed by atoms with Crippen LogP contribution in [0.15, 0.2) is 30.3 Å². The second-order valence-electron chi connectivity index (χ2n) is 9.70. The summed E-state index contributed by atoms with van der Waals surface area (Å²) in [5, 5.41) is 10.5. The van der Waals surface area contributed by atoms with E-state index in [9.17, 15) is 19.5 Å². The van der Waals surface area contributed by atoms with Crippen LogP contribution in [0.2, 0.25) is 0 Å². The minimum absolute atomic E-state index is 0.128. The molecule has 9 nitrogen and oxygen atoms in total. The van der Waals surface area contributed by atoms with Gasteiger partial charge in [-0.05, 0) is 26.3 Å². The van der Waals surface area contributed by atoms with Crippen LogP contribution in [0, 0.1) is 5.92 Å². The van der Waals surface area contributed by atoms with Crippen LogP contribution in [0.4, 0.5) is 0 Å². The molecule has 0 unspecified atom stereocenters. The van der Waals surface area contributed by atoms with Crippen molar-refractivity contribution < 1.29 is 29.0 Å². The fourth-order valence-electron chi connectivity index (χ4n) is 4.97. The van der Waals surface area contributed by atoms with Gasteiger partial charge in [-0.2, -0.15) is 0 Å². The molecule has 0 aliphatic carbocycles. The van der Waals surface area contributed by atoms with E-state index in [1.807, 2.05) is 51.1 Å². The Morgan fingerprint density at radius 3 is 2.60 bits per heavy atom. The first-order chi connectivity index (χ1) is 16.7. The van der Waals surface area contributed by atoms with E-state index < -0.39 is 40.1 Å². The number of amides is 2. The number of thioether (sulfide) groups is 1. The molecule has 3 saturated heterocycles. The van der Waals surface area contributed by atoms with Crippen molar-refractivity contribution in [2.45, 2.75) is 49.6 Å². The van der Waals surface area contributed by atoms with Crippen molar-refractivity contribution in [2.75, 3.05) is 45.9 Å². The first kappa shape index (κ1) is 25.9. The number of ether oxygens (including phenoxy) is 2. The van der Waals surface area contributed by atoms with Gasteiger partial charge in [-0.25, -0.2) is 4.79 Å². The number of aliphatic hydroxyl groups is 1. The van der Waals surface area contributed by atoms with Gasteiger partial charge in [-0.3, -0.25) is 14.5 Å². The van der Waals surface area contributed by atoms with Gasteiger partial charge in [-0.1, -0.05) is 30.3 Å². The van der Waals surface area contributed by atoms with E-state index in [0.717, 1.165) is 18.7 Å². The second-order valence-corrected chi connectivity index (χ2v) is 11.5. The van der Waals surface area contributed by atoms with Crippen LogP contribution >= 0.6 is 11.8 Å². The molecule has 1 N–H and O–H groups in total. The number of hydrogen-bond acceptors (Lipinski definition) is 8. The van der Waals surface area contributed by atoms with Crippen LogP contribution in [-0.4, -0.2) is 106 Å². The summed E-state index contributed by atoms with van der Waals surface area (Å²) >= 11 is 1.44. The SMILES string of the molecule is CCN(CCN1CCOCC1)C(=O)[C@@H](O)[C@@H]1C(=O)N2[C@@H]1SC(C)(C)[C@@H]2C(=O)OCc1ccccc1. The van der Waals surface area contributed by atoms with E-state index >= 15 is 0 Å². The Bertz CT molecular complexity index is 923. The summed E-state index contributed by atoms with van der Waals surface area (Å²) in [5.41, 5.74) is 0.867. The highest BCUT2D eigenvalue weighted by molar-refractivity contribution is 8.01. The molecule has 192 valence electrons. The van der Waals surface area contributed by atoms with E-state index in [1.54, 1.807) is 4.90 Å². The summed E-state index contributed by atoms with van der Waals surface area (Å²) < 4.78 is 10.3. The number of likely N-dealkylation sites (N-methyl/N-ethyl adjacent to an activating group) is 1. The topological polar surface area (TPSA) is 99.6 Å². The Kier molecular flexibility index (Phi) is 8.05. The molecule has 0 radical (unpaired) electrons. The summed E-state index contributed by atoms with van der Waals surface area (Å²) in [6.45, 7) is 10.4. The quantitative estimate of drug-likeness (QED) is 0.391. The van der Waals surface area contributed by atoms with Crippen molar-refractivity contribution in [1.82, 2.24) is 14.7 Å². The lowest BCUT2D eigenvalue weighted by Gasteiger charge is -2.46.